The van der Waals surface area contributed by atoms with E-state index in [2.05, 4.69) is 15.9 Å². The lowest BCUT2D eigenvalue weighted by Crippen LogP contribution is -2.27. The first kappa shape index (κ1) is 8.37. The Bertz CT molecular complexity index is 526. The molecule has 0 radical (unpaired) electrons. The molecule has 2 aromatic rings. The molecule has 5 heteroatoms. The number of benzene rings is 1. The highest BCUT2D eigenvalue weighted by Crippen LogP contribution is 2.17. The Morgan fingerprint density at radius 1 is 1.38 bits per heavy atom. The number of aryl methyl sites for hydroxylation is 1. The van der Waals surface area contributed by atoms with Crippen LogP contribution in [0.1, 0.15) is 0 Å². The van der Waals surface area contributed by atoms with E-state index in [-0.39, 0.29) is 5.69 Å². The van der Waals surface area contributed by atoms with Gasteiger partial charge in [-0.2, -0.15) is 0 Å². The van der Waals surface area contributed by atoms with Crippen molar-refractivity contribution >= 4 is 27.0 Å². The highest BCUT2D eigenvalue weighted by atomic mass is 79.9. The van der Waals surface area contributed by atoms with Crippen molar-refractivity contribution in [1.82, 2.24) is 9.24 Å². The molecule has 68 valence electrons. The molecule has 2 rings (SSSR count). The minimum atomic E-state index is -0.215. The van der Waals surface area contributed by atoms with Crippen LogP contribution in [0.15, 0.2) is 27.5 Å². The quantitative estimate of drug-likeness (QED) is 0.695. The number of fused-ring (bicyclic) bond motifs is 1. The zero-order valence-corrected chi connectivity index (χ0v) is 8.58. The van der Waals surface area contributed by atoms with Crippen molar-refractivity contribution in [2.45, 2.75) is 0 Å². The first-order valence-electron chi connectivity index (χ1n) is 3.73. The summed E-state index contributed by atoms with van der Waals surface area (Å²) in [5, 5.41) is 0. The van der Waals surface area contributed by atoms with Crippen LogP contribution in [0.3, 0.4) is 0 Å². The smallest absolute Gasteiger partial charge is 0.335 e. The molecule has 0 unspecified atom stereocenters. The molecule has 4 nitrogen and oxygen atoms in total. The van der Waals surface area contributed by atoms with Crippen molar-refractivity contribution in [3.05, 3.63) is 33.2 Å². The second kappa shape index (κ2) is 2.63. The molecule has 2 N–H and O–H groups in total. The van der Waals surface area contributed by atoms with Crippen LogP contribution in [-0.2, 0) is 7.05 Å². The largest absolute Gasteiger partial charge is 0.347 e. The van der Waals surface area contributed by atoms with Gasteiger partial charge in [0.15, 0.2) is 0 Å². The van der Waals surface area contributed by atoms with Gasteiger partial charge in [0.05, 0.1) is 11.0 Å². The first-order chi connectivity index (χ1) is 6.11. The lowest BCUT2D eigenvalue weighted by molar-refractivity contribution is 0.827. The van der Waals surface area contributed by atoms with Gasteiger partial charge in [0.2, 0.25) is 0 Å². The first-order valence-corrected chi connectivity index (χ1v) is 4.52. The molecule has 0 aliphatic rings. The fourth-order valence-electron chi connectivity index (χ4n) is 1.34. The number of hydrogen-bond donors (Lipinski definition) is 1. The number of nitrogen functional groups attached to an aromatic ring is 1. The van der Waals surface area contributed by atoms with Crippen LogP contribution in [0.4, 0.5) is 0 Å². The molecule has 0 spiro atoms. The summed E-state index contributed by atoms with van der Waals surface area (Å²) in [6.07, 6.45) is 0. The molecule has 1 heterocycles. The van der Waals surface area contributed by atoms with E-state index in [1.807, 2.05) is 12.1 Å². The lowest BCUT2D eigenvalue weighted by atomic mass is 10.3. The fraction of sp³-hybridized carbons (Fsp3) is 0.125. The third kappa shape index (κ3) is 1.07. The third-order valence-corrected chi connectivity index (χ3v) is 2.54. The zero-order chi connectivity index (χ0) is 9.59. The number of hydrogen-bond acceptors (Lipinski definition) is 2. The van der Waals surface area contributed by atoms with E-state index in [1.165, 1.54) is 4.57 Å². The number of halogens is 1. The molecular weight excluding hydrogens is 234 g/mol. The Balaban J connectivity index is 3.04. The van der Waals surface area contributed by atoms with Gasteiger partial charge < -0.3 is 5.84 Å². The Morgan fingerprint density at radius 2 is 2.08 bits per heavy atom. The molecule has 0 aliphatic carbocycles. The van der Waals surface area contributed by atoms with Crippen LogP contribution in [0, 0.1) is 0 Å². The molecule has 0 saturated carbocycles. The van der Waals surface area contributed by atoms with Crippen molar-refractivity contribution in [3.8, 4) is 0 Å². The van der Waals surface area contributed by atoms with Crippen molar-refractivity contribution in [2.75, 3.05) is 5.84 Å². The maximum atomic E-state index is 11.4. The van der Waals surface area contributed by atoms with Gasteiger partial charge in [0, 0.05) is 11.5 Å². The van der Waals surface area contributed by atoms with Gasteiger partial charge in [-0.3, -0.25) is 4.57 Å². The summed E-state index contributed by atoms with van der Waals surface area (Å²) in [5.41, 5.74) is 1.34. The van der Waals surface area contributed by atoms with Gasteiger partial charge >= 0.3 is 5.69 Å². The van der Waals surface area contributed by atoms with Crippen LogP contribution >= 0.6 is 15.9 Å². The molecule has 0 bridgehead atoms. The van der Waals surface area contributed by atoms with Crippen molar-refractivity contribution in [3.63, 3.8) is 0 Å². The predicted molar refractivity (Wildman–Crippen MR) is 55.0 cm³/mol. The average Bonchev–Trinajstić information content (AvgIpc) is 2.32. The molecule has 0 aliphatic heterocycles. The summed E-state index contributed by atoms with van der Waals surface area (Å²) in [4.78, 5) is 11.4. The Labute approximate surface area is 82.7 Å². The van der Waals surface area contributed by atoms with E-state index in [4.69, 9.17) is 5.84 Å². The van der Waals surface area contributed by atoms with E-state index in [9.17, 15) is 4.79 Å². The number of imidazole rings is 1. The van der Waals surface area contributed by atoms with Gasteiger partial charge in [-0.1, -0.05) is 15.9 Å². The topological polar surface area (TPSA) is 53.0 Å². The Kier molecular flexibility index (Phi) is 1.69. The lowest BCUT2D eigenvalue weighted by Gasteiger charge is -1.94. The molecular formula is C8H8BrN3O. The van der Waals surface area contributed by atoms with Crippen LogP contribution in [0.5, 0.6) is 0 Å². The molecule has 0 amide bonds. The van der Waals surface area contributed by atoms with E-state index < -0.39 is 0 Å². The maximum absolute atomic E-state index is 11.4. The maximum Gasteiger partial charge on any atom is 0.347 e. The van der Waals surface area contributed by atoms with E-state index in [0.717, 1.165) is 20.2 Å². The van der Waals surface area contributed by atoms with Crippen LogP contribution < -0.4 is 11.5 Å². The van der Waals surface area contributed by atoms with Gasteiger partial charge in [-0.05, 0) is 18.2 Å². The van der Waals surface area contributed by atoms with Gasteiger partial charge in [-0.15, -0.1) is 0 Å². The standard InChI is InChI=1S/C8H8BrN3O/c1-11-7-4-5(9)2-3-6(7)12(10)8(11)13/h2-4H,10H2,1H3. The minimum Gasteiger partial charge on any atom is -0.335 e. The summed E-state index contributed by atoms with van der Waals surface area (Å²) in [6.45, 7) is 0. The van der Waals surface area contributed by atoms with Crippen molar-refractivity contribution in [2.24, 2.45) is 7.05 Å². The monoisotopic (exact) mass is 241 g/mol. The van der Waals surface area contributed by atoms with Gasteiger partial charge in [-0.25, -0.2) is 9.47 Å². The van der Waals surface area contributed by atoms with E-state index in [0.29, 0.717) is 0 Å². The third-order valence-electron chi connectivity index (χ3n) is 2.05. The Morgan fingerprint density at radius 3 is 2.77 bits per heavy atom. The minimum absolute atomic E-state index is 0.215. The van der Waals surface area contributed by atoms with Crippen LogP contribution in [-0.4, -0.2) is 9.24 Å². The van der Waals surface area contributed by atoms with Crippen LogP contribution in [0.2, 0.25) is 0 Å². The summed E-state index contributed by atoms with van der Waals surface area (Å²) >= 11 is 3.33. The molecule has 0 fully saturated rings. The Hall–Kier alpha value is -1.23. The van der Waals surface area contributed by atoms with E-state index >= 15 is 0 Å². The highest BCUT2D eigenvalue weighted by molar-refractivity contribution is 9.10. The number of nitrogens with two attached hydrogens (primary N) is 1. The summed E-state index contributed by atoms with van der Waals surface area (Å²) in [6, 6.07) is 5.52. The molecule has 1 aromatic heterocycles. The fourth-order valence-corrected chi connectivity index (χ4v) is 1.69. The van der Waals surface area contributed by atoms with Crippen LogP contribution in [0.25, 0.3) is 11.0 Å². The molecule has 0 atom stereocenters. The van der Waals surface area contributed by atoms with Gasteiger partial charge in [0.25, 0.3) is 0 Å². The summed E-state index contributed by atoms with van der Waals surface area (Å²) in [7, 11) is 1.69. The number of aromatic nitrogens is 2. The second-order valence-corrected chi connectivity index (χ2v) is 3.76. The van der Waals surface area contributed by atoms with Gasteiger partial charge in [0.1, 0.15) is 0 Å². The number of nitrogens with zero attached hydrogens (tertiary/aromatic N) is 2. The SMILES string of the molecule is Cn1c(=O)n(N)c2ccc(Br)cc21. The molecule has 13 heavy (non-hydrogen) atoms. The predicted octanol–water partition coefficient (Wildman–Crippen LogP) is 0.816. The normalized spacial score (nSPS) is 10.9. The molecule has 0 saturated heterocycles. The number of rotatable bonds is 0. The average molecular weight is 242 g/mol. The zero-order valence-electron chi connectivity index (χ0n) is 6.99. The van der Waals surface area contributed by atoms with Crippen molar-refractivity contribution < 1.29 is 0 Å². The van der Waals surface area contributed by atoms with E-state index in [1.54, 1.807) is 13.1 Å². The van der Waals surface area contributed by atoms with Crippen molar-refractivity contribution in [1.29, 1.82) is 0 Å². The summed E-state index contributed by atoms with van der Waals surface area (Å²) in [5.74, 6) is 5.56. The second-order valence-electron chi connectivity index (χ2n) is 2.84. The molecule has 1 aromatic carbocycles. The highest BCUT2D eigenvalue weighted by Gasteiger charge is 2.07. The summed E-state index contributed by atoms with van der Waals surface area (Å²) < 4.78 is 3.59.